The number of benzene rings is 2. The number of thioether (sulfide) groups is 1. The first-order valence-corrected chi connectivity index (χ1v) is 7.66. The third kappa shape index (κ3) is 3.40. The van der Waals surface area contributed by atoms with Crippen LogP contribution in [-0.4, -0.2) is 12.0 Å². The molecule has 2 aromatic carbocycles. The van der Waals surface area contributed by atoms with Crippen molar-refractivity contribution < 1.29 is 4.79 Å². The van der Waals surface area contributed by atoms with Gasteiger partial charge in [0, 0.05) is 20.2 Å². The first-order valence-electron chi connectivity index (χ1n) is 5.62. The largest absolute Gasteiger partial charge is 0.295 e. The van der Waals surface area contributed by atoms with Crippen LogP contribution >= 0.6 is 23.5 Å². The van der Waals surface area contributed by atoms with Crippen molar-refractivity contribution in [2.24, 2.45) is 0 Å². The summed E-state index contributed by atoms with van der Waals surface area (Å²) in [5.74, 6) is 0.107. The molecule has 92 valence electrons. The predicted octanol–water partition coefficient (Wildman–Crippen LogP) is 4.76. The van der Waals surface area contributed by atoms with Crippen molar-refractivity contribution in [3.8, 4) is 0 Å². The second-order valence-electron chi connectivity index (χ2n) is 3.86. The van der Waals surface area contributed by atoms with Crippen molar-refractivity contribution >= 4 is 29.3 Å². The van der Waals surface area contributed by atoms with Gasteiger partial charge in [-0.2, -0.15) is 0 Å². The van der Waals surface area contributed by atoms with Crippen LogP contribution in [0.2, 0.25) is 0 Å². The summed E-state index contributed by atoms with van der Waals surface area (Å²) in [4.78, 5) is 14.8. The van der Waals surface area contributed by atoms with Crippen LogP contribution in [0.3, 0.4) is 0 Å². The summed E-state index contributed by atoms with van der Waals surface area (Å²) in [5.41, 5.74) is 0.761. The average molecular weight is 274 g/mol. The van der Waals surface area contributed by atoms with Gasteiger partial charge in [0.1, 0.15) is 0 Å². The minimum absolute atomic E-state index is 0.107. The Kier molecular flexibility index (Phi) is 4.50. The summed E-state index contributed by atoms with van der Waals surface area (Å²) >= 11 is 3.45. The van der Waals surface area contributed by atoms with Gasteiger partial charge >= 0.3 is 0 Å². The van der Waals surface area contributed by atoms with Gasteiger partial charge in [0.05, 0.1) is 0 Å². The average Bonchev–Trinajstić information content (AvgIpc) is 2.40. The Balaban J connectivity index is 2.10. The Morgan fingerprint density at radius 1 is 0.833 bits per heavy atom. The second-order valence-corrected chi connectivity index (χ2v) is 5.88. The van der Waals surface area contributed by atoms with Crippen LogP contribution in [0.4, 0.5) is 0 Å². The lowest BCUT2D eigenvalue weighted by molar-refractivity contribution is 0.101. The molecule has 0 radical (unpaired) electrons. The number of carbonyl (C=O) groups excluding carboxylic acids is 1. The molecule has 0 aliphatic heterocycles. The zero-order chi connectivity index (χ0) is 13.0. The fourth-order valence-corrected chi connectivity index (χ4v) is 2.76. The molecule has 0 fully saturated rings. The number of hydrogen-bond donors (Lipinski definition) is 0. The van der Waals surface area contributed by atoms with Gasteiger partial charge in [-0.05, 0) is 49.6 Å². The Hall–Kier alpha value is -1.19. The highest BCUT2D eigenvalue weighted by Crippen LogP contribution is 2.29. The Labute approximate surface area is 116 Å². The maximum atomic E-state index is 11.2. The molecule has 0 N–H and O–H groups in total. The van der Waals surface area contributed by atoms with Crippen LogP contribution in [0, 0.1) is 0 Å². The smallest absolute Gasteiger partial charge is 0.159 e. The van der Waals surface area contributed by atoms with Crippen molar-refractivity contribution in [3.05, 3.63) is 54.1 Å². The van der Waals surface area contributed by atoms with E-state index in [0.29, 0.717) is 0 Å². The van der Waals surface area contributed by atoms with E-state index in [0.717, 1.165) is 10.5 Å². The fraction of sp³-hybridized carbons (Fsp3) is 0.133. The minimum atomic E-state index is 0.107. The Morgan fingerprint density at radius 2 is 1.28 bits per heavy atom. The Bertz CT molecular complexity index is 529. The molecule has 3 heteroatoms. The maximum Gasteiger partial charge on any atom is 0.159 e. The lowest BCUT2D eigenvalue weighted by Gasteiger charge is -2.03. The molecule has 0 aromatic heterocycles. The van der Waals surface area contributed by atoms with E-state index in [1.54, 1.807) is 30.4 Å². The molecule has 2 aromatic rings. The molecule has 0 bridgehead atoms. The summed E-state index contributed by atoms with van der Waals surface area (Å²) in [6.07, 6.45) is 2.07. The lowest BCUT2D eigenvalue weighted by Crippen LogP contribution is -1.90. The number of rotatable bonds is 4. The number of ketones is 1. The Morgan fingerprint density at radius 3 is 1.72 bits per heavy atom. The third-order valence-electron chi connectivity index (χ3n) is 2.56. The molecule has 0 aliphatic carbocycles. The molecular weight excluding hydrogens is 260 g/mol. The molecule has 0 saturated heterocycles. The highest BCUT2D eigenvalue weighted by Gasteiger charge is 2.01. The molecule has 2 rings (SSSR count). The van der Waals surface area contributed by atoms with Gasteiger partial charge in [0.25, 0.3) is 0 Å². The maximum absolute atomic E-state index is 11.2. The highest BCUT2D eigenvalue weighted by atomic mass is 32.2. The van der Waals surface area contributed by atoms with Crippen LogP contribution in [0.1, 0.15) is 17.3 Å². The van der Waals surface area contributed by atoms with E-state index >= 15 is 0 Å². The van der Waals surface area contributed by atoms with E-state index < -0.39 is 0 Å². The lowest BCUT2D eigenvalue weighted by atomic mass is 10.2. The molecule has 18 heavy (non-hydrogen) atoms. The molecule has 0 unspecified atom stereocenters. The van der Waals surface area contributed by atoms with Crippen molar-refractivity contribution in [2.75, 3.05) is 6.26 Å². The van der Waals surface area contributed by atoms with Gasteiger partial charge in [-0.15, -0.1) is 11.8 Å². The molecule has 0 saturated carbocycles. The minimum Gasteiger partial charge on any atom is -0.295 e. The third-order valence-corrected chi connectivity index (χ3v) is 4.32. The molecule has 1 nitrogen and oxygen atoms in total. The number of hydrogen-bond acceptors (Lipinski definition) is 3. The highest BCUT2D eigenvalue weighted by molar-refractivity contribution is 7.99. The van der Waals surface area contributed by atoms with Gasteiger partial charge in [-0.1, -0.05) is 23.9 Å². The number of Topliss-reactive ketones (excluding diaryl/α,β-unsaturated/α-hetero) is 1. The first-order chi connectivity index (χ1) is 8.69. The number of carbonyl (C=O) groups is 1. The molecule has 0 atom stereocenters. The summed E-state index contributed by atoms with van der Waals surface area (Å²) in [7, 11) is 0. The van der Waals surface area contributed by atoms with Gasteiger partial charge < -0.3 is 0 Å². The van der Waals surface area contributed by atoms with Gasteiger partial charge in [-0.25, -0.2) is 0 Å². The zero-order valence-electron chi connectivity index (χ0n) is 10.3. The SMILES string of the molecule is CSc1ccc(Sc2ccc(C(C)=O)cc2)cc1. The van der Waals surface area contributed by atoms with Gasteiger partial charge in [0.2, 0.25) is 0 Å². The molecule has 0 spiro atoms. The fourth-order valence-electron chi connectivity index (χ4n) is 1.54. The summed E-state index contributed by atoms with van der Waals surface area (Å²) in [5, 5.41) is 0. The molecule has 0 aliphatic rings. The van der Waals surface area contributed by atoms with Crippen molar-refractivity contribution in [3.63, 3.8) is 0 Å². The summed E-state index contributed by atoms with van der Waals surface area (Å²) in [6.45, 7) is 1.59. The van der Waals surface area contributed by atoms with Crippen molar-refractivity contribution in [1.82, 2.24) is 0 Å². The molecule has 0 heterocycles. The zero-order valence-corrected chi connectivity index (χ0v) is 12.0. The van der Waals surface area contributed by atoms with Crippen LogP contribution in [-0.2, 0) is 0 Å². The van der Waals surface area contributed by atoms with Crippen LogP contribution in [0.15, 0.2) is 63.2 Å². The van der Waals surface area contributed by atoms with E-state index in [9.17, 15) is 4.79 Å². The van der Waals surface area contributed by atoms with Gasteiger partial charge in [0.15, 0.2) is 5.78 Å². The predicted molar refractivity (Wildman–Crippen MR) is 78.8 cm³/mol. The molecule has 0 amide bonds. The first kappa shape index (κ1) is 13.2. The van der Waals surface area contributed by atoms with E-state index in [1.807, 2.05) is 24.3 Å². The van der Waals surface area contributed by atoms with Gasteiger partial charge in [-0.3, -0.25) is 4.79 Å². The monoisotopic (exact) mass is 274 g/mol. The second kappa shape index (κ2) is 6.12. The van der Waals surface area contributed by atoms with E-state index in [4.69, 9.17) is 0 Å². The van der Waals surface area contributed by atoms with E-state index in [-0.39, 0.29) is 5.78 Å². The van der Waals surface area contributed by atoms with E-state index in [2.05, 4.69) is 30.5 Å². The topological polar surface area (TPSA) is 17.1 Å². The summed E-state index contributed by atoms with van der Waals surface area (Å²) in [6, 6.07) is 16.2. The van der Waals surface area contributed by atoms with E-state index in [1.165, 1.54) is 9.79 Å². The normalized spacial score (nSPS) is 10.3. The van der Waals surface area contributed by atoms with Crippen LogP contribution in [0.5, 0.6) is 0 Å². The van der Waals surface area contributed by atoms with Crippen LogP contribution in [0.25, 0.3) is 0 Å². The van der Waals surface area contributed by atoms with Crippen molar-refractivity contribution in [1.29, 1.82) is 0 Å². The standard InChI is InChI=1S/C15H14OS2/c1-11(16)12-3-5-14(6-4-12)18-15-9-7-13(17-2)8-10-15/h3-10H,1-2H3. The molecular formula is C15H14OS2. The quantitative estimate of drug-likeness (QED) is 0.591. The van der Waals surface area contributed by atoms with Crippen LogP contribution < -0.4 is 0 Å². The summed E-state index contributed by atoms with van der Waals surface area (Å²) < 4.78 is 0. The van der Waals surface area contributed by atoms with Crippen molar-refractivity contribution in [2.45, 2.75) is 21.6 Å².